The van der Waals surface area contributed by atoms with Gasteiger partial charge in [0.1, 0.15) is 0 Å². The molecule has 0 radical (unpaired) electrons. The molecule has 0 N–H and O–H groups in total. The van der Waals surface area contributed by atoms with Crippen LogP contribution >= 0.6 is 8.03 Å². The van der Waals surface area contributed by atoms with Crippen molar-refractivity contribution in [2.24, 2.45) is 0 Å². The van der Waals surface area contributed by atoms with E-state index < -0.39 is 8.03 Å². The SMILES string of the molecule is CCO[PH](=O)C/C(C)=C/C#N. The molecule has 0 spiro atoms. The van der Waals surface area contributed by atoms with Gasteiger partial charge < -0.3 is 4.52 Å². The number of allylic oxidation sites excluding steroid dienone is 2. The standard InChI is InChI=1S/C7H12NO2P/c1-3-10-11(9)6-7(2)4-5-8/h4,11H,3,6H2,1-2H3/b7-4+. The molecular weight excluding hydrogens is 161 g/mol. The second kappa shape index (κ2) is 6.15. The minimum absolute atomic E-state index is 0.395. The van der Waals surface area contributed by atoms with Crippen LogP contribution in [0.5, 0.6) is 0 Å². The fourth-order valence-electron chi connectivity index (χ4n) is 0.601. The molecule has 0 saturated carbocycles. The van der Waals surface area contributed by atoms with Crippen molar-refractivity contribution in [3.05, 3.63) is 11.6 Å². The summed E-state index contributed by atoms with van der Waals surface area (Å²) in [7, 11) is -1.93. The van der Waals surface area contributed by atoms with Crippen LogP contribution in [0.2, 0.25) is 0 Å². The maximum Gasteiger partial charge on any atom is 0.195 e. The number of hydrogen-bond donors (Lipinski definition) is 0. The lowest BCUT2D eigenvalue weighted by molar-refractivity contribution is 0.352. The van der Waals surface area contributed by atoms with Crippen LogP contribution in [0.1, 0.15) is 13.8 Å². The maximum atomic E-state index is 10.9. The van der Waals surface area contributed by atoms with Crippen molar-refractivity contribution in [3.8, 4) is 6.07 Å². The number of rotatable bonds is 4. The highest BCUT2D eigenvalue weighted by molar-refractivity contribution is 7.39. The summed E-state index contributed by atoms with van der Waals surface area (Å²) < 4.78 is 15.8. The van der Waals surface area contributed by atoms with E-state index >= 15 is 0 Å². The maximum absolute atomic E-state index is 10.9. The summed E-state index contributed by atoms with van der Waals surface area (Å²) in [6.45, 7) is 4.04. The Labute approximate surface area is 67.5 Å². The Morgan fingerprint density at radius 2 is 2.45 bits per heavy atom. The van der Waals surface area contributed by atoms with Crippen LogP contribution in [0, 0.1) is 11.3 Å². The van der Waals surface area contributed by atoms with Crippen molar-refractivity contribution < 1.29 is 9.09 Å². The largest absolute Gasteiger partial charge is 0.331 e. The van der Waals surface area contributed by atoms with E-state index in [1.807, 2.05) is 6.07 Å². The smallest absolute Gasteiger partial charge is 0.195 e. The average molecular weight is 173 g/mol. The Hall–Kier alpha value is -0.580. The van der Waals surface area contributed by atoms with Crippen molar-refractivity contribution in [1.29, 1.82) is 5.26 Å². The quantitative estimate of drug-likeness (QED) is 0.482. The molecule has 0 aromatic rings. The Kier molecular flexibility index (Phi) is 5.83. The van der Waals surface area contributed by atoms with Gasteiger partial charge in [-0.25, -0.2) is 0 Å². The zero-order valence-electron chi connectivity index (χ0n) is 6.76. The summed E-state index contributed by atoms with van der Waals surface area (Å²) >= 11 is 0. The van der Waals surface area contributed by atoms with Crippen molar-refractivity contribution in [2.45, 2.75) is 13.8 Å². The van der Waals surface area contributed by atoms with Gasteiger partial charge in [-0.3, -0.25) is 4.57 Å². The number of nitriles is 1. The molecule has 0 bridgehead atoms. The van der Waals surface area contributed by atoms with E-state index in [0.29, 0.717) is 12.8 Å². The van der Waals surface area contributed by atoms with Crippen LogP contribution in [-0.2, 0) is 9.09 Å². The summed E-state index contributed by atoms with van der Waals surface area (Å²) in [5.41, 5.74) is 0.810. The molecule has 0 heterocycles. The summed E-state index contributed by atoms with van der Waals surface area (Å²) in [5.74, 6) is 0. The van der Waals surface area contributed by atoms with Gasteiger partial charge in [-0.1, -0.05) is 5.57 Å². The molecule has 0 fully saturated rings. The minimum Gasteiger partial charge on any atom is -0.331 e. The molecule has 62 valence electrons. The lowest BCUT2D eigenvalue weighted by Gasteiger charge is -1.99. The van der Waals surface area contributed by atoms with Gasteiger partial charge in [0.2, 0.25) is 0 Å². The zero-order valence-corrected chi connectivity index (χ0v) is 7.76. The highest BCUT2D eigenvalue weighted by Crippen LogP contribution is 2.24. The first-order valence-corrected chi connectivity index (χ1v) is 4.94. The monoisotopic (exact) mass is 173 g/mol. The van der Waals surface area contributed by atoms with E-state index in [4.69, 9.17) is 9.79 Å². The third-order valence-corrected chi connectivity index (χ3v) is 2.50. The Morgan fingerprint density at radius 1 is 1.82 bits per heavy atom. The molecule has 11 heavy (non-hydrogen) atoms. The van der Waals surface area contributed by atoms with Crippen molar-refractivity contribution in [2.75, 3.05) is 12.8 Å². The van der Waals surface area contributed by atoms with Gasteiger partial charge >= 0.3 is 0 Å². The molecule has 0 aliphatic heterocycles. The van der Waals surface area contributed by atoms with Crippen molar-refractivity contribution >= 4 is 8.03 Å². The topological polar surface area (TPSA) is 50.1 Å². The van der Waals surface area contributed by atoms with Crippen LogP contribution in [0.15, 0.2) is 11.6 Å². The summed E-state index contributed by atoms with van der Waals surface area (Å²) in [5, 5.41) is 8.22. The van der Waals surface area contributed by atoms with Crippen LogP contribution < -0.4 is 0 Å². The van der Waals surface area contributed by atoms with Crippen LogP contribution in [0.25, 0.3) is 0 Å². The molecule has 0 aliphatic rings. The van der Waals surface area contributed by atoms with E-state index in [2.05, 4.69) is 0 Å². The van der Waals surface area contributed by atoms with Crippen molar-refractivity contribution in [3.63, 3.8) is 0 Å². The van der Waals surface area contributed by atoms with Gasteiger partial charge in [-0.2, -0.15) is 5.26 Å². The van der Waals surface area contributed by atoms with Gasteiger partial charge in [-0.05, 0) is 13.8 Å². The lowest BCUT2D eigenvalue weighted by atomic mass is 10.3. The third-order valence-electron chi connectivity index (χ3n) is 1.04. The minimum atomic E-state index is -1.93. The lowest BCUT2D eigenvalue weighted by Crippen LogP contribution is -1.84. The van der Waals surface area contributed by atoms with Crippen molar-refractivity contribution in [1.82, 2.24) is 0 Å². The first-order chi connectivity index (χ1) is 5.20. The molecule has 3 nitrogen and oxygen atoms in total. The predicted octanol–water partition coefficient (Wildman–Crippen LogP) is 1.97. The van der Waals surface area contributed by atoms with E-state index in [9.17, 15) is 4.57 Å². The van der Waals surface area contributed by atoms with E-state index in [-0.39, 0.29) is 0 Å². The molecule has 0 aromatic heterocycles. The fourth-order valence-corrected chi connectivity index (χ4v) is 1.58. The van der Waals surface area contributed by atoms with E-state index in [1.54, 1.807) is 13.8 Å². The third kappa shape index (κ3) is 5.84. The van der Waals surface area contributed by atoms with Gasteiger partial charge in [0.15, 0.2) is 8.03 Å². The van der Waals surface area contributed by atoms with Gasteiger partial charge in [-0.15, -0.1) is 0 Å². The van der Waals surface area contributed by atoms with Crippen LogP contribution in [-0.4, -0.2) is 12.8 Å². The highest BCUT2D eigenvalue weighted by Gasteiger charge is 1.98. The Balaban J connectivity index is 3.77. The first-order valence-electron chi connectivity index (χ1n) is 3.41. The molecule has 0 aromatic carbocycles. The second-order valence-corrected chi connectivity index (χ2v) is 3.49. The predicted molar refractivity (Wildman–Crippen MR) is 44.9 cm³/mol. The molecule has 0 rings (SSSR count). The molecule has 4 heteroatoms. The zero-order chi connectivity index (χ0) is 8.69. The van der Waals surface area contributed by atoms with Crippen LogP contribution in [0.4, 0.5) is 0 Å². The Morgan fingerprint density at radius 3 is 2.91 bits per heavy atom. The summed E-state index contributed by atoms with van der Waals surface area (Å²) in [4.78, 5) is 0. The van der Waals surface area contributed by atoms with Gasteiger partial charge in [0.05, 0.1) is 12.7 Å². The molecule has 0 saturated heterocycles. The first kappa shape index (κ1) is 10.4. The molecule has 1 atom stereocenters. The van der Waals surface area contributed by atoms with Gasteiger partial charge in [0.25, 0.3) is 0 Å². The van der Waals surface area contributed by atoms with Crippen LogP contribution in [0.3, 0.4) is 0 Å². The molecular formula is C7H12NO2P. The van der Waals surface area contributed by atoms with E-state index in [1.165, 1.54) is 6.08 Å². The van der Waals surface area contributed by atoms with Gasteiger partial charge in [0, 0.05) is 12.2 Å². The summed E-state index contributed by atoms with van der Waals surface area (Å²) in [6.07, 6.45) is 1.79. The molecule has 1 unspecified atom stereocenters. The summed E-state index contributed by atoms with van der Waals surface area (Å²) in [6, 6.07) is 1.87. The number of hydrogen-bond acceptors (Lipinski definition) is 3. The van der Waals surface area contributed by atoms with E-state index in [0.717, 1.165) is 5.57 Å². The second-order valence-electron chi connectivity index (χ2n) is 2.10. The highest BCUT2D eigenvalue weighted by atomic mass is 31.1. The molecule has 0 amide bonds. The Bertz CT molecular complexity index is 205. The fraction of sp³-hybridized carbons (Fsp3) is 0.571. The normalized spacial score (nSPS) is 14.1. The number of nitrogens with zero attached hydrogens (tertiary/aromatic N) is 1. The molecule has 0 aliphatic carbocycles. The average Bonchev–Trinajstić information content (AvgIpc) is 1.87.